The van der Waals surface area contributed by atoms with Gasteiger partial charge in [-0.15, -0.1) is 0 Å². The number of rotatable bonds is 6. The highest BCUT2D eigenvalue weighted by molar-refractivity contribution is 5.99. The largest absolute Gasteiger partial charge is 0.497 e. The van der Waals surface area contributed by atoms with Crippen molar-refractivity contribution in [1.82, 2.24) is 4.90 Å². The molecular formula is C29H27NO5. The summed E-state index contributed by atoms with van der Waals surface area (Å²) in [5, 5.41) is 0.490. The van der Waals surface area contributed by atoms with E-state index >= 15 is 0 Å². The molecule has 1 aliphatic rings. The molecule has 1 atom stereocenters. The number of amides is 1. The van der Waals surface area contributed by atoms with Crippen LogP contribution in [-0.4, -0.2) is 31.6 Å². The number of methoxy groups -OCH3 is 2. The second kappa shape index (κ2) is 8.95. The van der Waals surface area contributed by atoms with Gasteiger partial charge in [0.25, 0.3) is 5.91 Å². The van der Waals surface area contributed by atoms with Gasteiger partial charge in [0, 0.05) is 6.54 Å². The van der Waals surface area contributed by atoms with Crippen molar-refractivity contribution in [3.05, 3.63) is 104 Å². The van der Waals surface area contributed by atoms with Crippen molar-refractivity contribution in [3.8, 4) is 11.5 Å². The maximum atomic E-state index is 13.8. The summed E-state index contributed by atoms with van der Waals surface area (Å²) < 4.78 is 16.8. The molecule has 0 unspecified atom stereocenters. The fourth-order valence-corrected chi connectivity index (χ4v) is 4.71. The third-order valence-corrected chi connectivity index (χ3v) is 6.79. The molecule has 6 heteroatoms. The number of nitrogens with zero attached hydrogens (tertiary/aromatic N) is 1. The van der Waals surface area contributed by atoms with E-state index in [1.807, 2.05) is 74.5 Å². The predicted octanol–water partition coefficient (Wildman–Crippen LogP) is 5.21. The van der Waals surface area contributed by atoms with Crippen LogP contribution in [0.3, 0.4) is 0 Å². The summed E-state index contributed by atoms with van der Waals surface area (Å²) >= 11 is 0. The van der Waals surface area contributed by atoms with Crippen LogP contribution in [0.1, 0.15) is 44.4 Å². The third kappa shape index (κ3) is 3.95. The fraction of sp³-hybridized carbons (Fsp3) is 0.241. The Bertz CT molecular complexity index is 1490. The standard InChI is InChI=1S/C29H27NO5/c1-17-14-23-24(15-18(17)2)35-28-25(27(23)31)26(20-6-5-7-22(16-20)34-4)30(29(28)32)13-12-19-8-10-21(33-3)11-9-19/h5-11,14-16,26H,12-13H2,1-4H3/t26-/m0/s1. The molecule has 4 aromatic rings. The van der Waals surface area contributed by atoms with Crippen LogP contribution in [0.15, 0.2) is 69.9 Å². The summed E-state index contributed by atoms with van der Waals surface area (Å²) in [5.41, 5.74) is 4.53. The zero-order chi connectivity index (χ0) is 24.7. The van der Waals surface area contributed by atoms with E-state index < -0.39 is 6.04 Å². The Morgan fingerprint density at radius 3 is 2.31 bits per heavy atom. The highest BCUT2D eigenvalue weighted by atomic mass is 16.5. The van der Waals surface area contributed by atoms with Crippen LogP contribution in [-0.2, 0) is 6.42 Å². The van der Waals surface area contributed by atoms with E-state index in [2.05, 4.69) is 0 Å². The molecule has 1 aliphatic heterocycles. The van der Waals surface area contributed by atoms with E-state index in [0.717, 1.165) is 28.0 Å². The molecule has 2 heterocycles. The van der Waals surface area contributed by atoms with Crippen molar-refractivity contribution in [2.45, 2.75) is 26.3 Å². The first-order chi connectivity index (χ1) is 16.9. The Labute approximate surface area is 203 Å². The minimum atomic E-state index is -0.562. The van der Waals surface area contributed by atoms with Gasteiger partial charge in [0.05, 0.1) is 31.2 Å². The number of benzene rings is 3. The van der Waals surface area contributed by atoms with Gasteiger partial charge < -0.3 is 18.8 Å². The summed E-state index contributed by atoms with van der Waals surface area (Å²) in [5.74, 6) is 1.28. The maximum Gasteiger partial charge on any atom is 0.290 e. The van der Waals surface area contributed by atoms with Crippen LogP contribution >= 0.6 is 0 Å². The predicted molar refractivity (Wildman–Crippen MR) is 135 cm³/mol. The zero-order valence-corrected chi connectivity index (χ0v) is 20.3. The lowest BCUT2D eigenvalue weighted by atomic mass is 9.97. The maximum absolute atomic E-state index is 13.8. The number of hydrogen-bond acceptors (Lipinski definition) is 5. The average molecular weight is 470 g/mol. The normalized spacial score (nSPS) is 14.9. The lowest BCUT2D eigenvalue weighted by molar-refractivity contribution is 0.0730. The van der Waals surface area contributed by atoms with Gasteiger partial charge in [-0.3, -0.25) is 9.59 Å². The Hall–Kier alpha value is -4.06. The van der Waals surface area contributed by atoms with Gasteiger partial charge in [0.15, 0.2) is 5.43 Å². The number of carbonyl (C=O) groups is 1. The third-order valence-electron chi connectivity index (χ3n) is 6.79. The molecule has 3 aromatic carbocycles. The minimum absolute atomic E-state index is 0.119. The van der Waals surface area contributed by atoms with Crippen LogP contribution in [0.5, 0.6) is 11.5 Å². The van der Waals surface area contributed by atoms with Crippen LogP contribution in [0, 0.1) is 13.8 Å². The zero-order valence-electron chi connectivity index (χ0n) is 20.3. The molecule has 0 saturated carbocycles. The molecule has 1 amide bonds. The van der Waals surface area contributed by atoms with Gasteiger partial charge in [-0.1, -0.05) is 24.3 Å². The summed E-state index contributed by atoms with van der Waals surface area (Å²) in [6.45, 7) is 4.35. The van der Waals surface area contributed by atoms with Gasteiger partial charge in [-0.2, -0.15) is 0 Å². The Balaban J connectivity index is 1.63. The SMILES string of the molecule is COc1ccc(CCN2C(=O)c3oc4cc(C)c(C)cc4c(=O)c3[C@@H]2c2cccc(OC)c2)cc1. The molecule has 0 aliphatic carbocycles. The quantitative estimate of drug-likeness (QED) is 0.388. The summed E-state index contributed by atoms with van der Waals surface area (Å²) in [4.78, 5) is 29.1. The topological polar surface area (TPSA) is 69.0 Å². The average Bonchev–Trinajstić information content (AvgIpc) is 3.16. The number of aryl methyl sites for hydroxylation is 2. The monoisotopic (exact) mass is 469 g/mol. The molecule has 1 aromatic heterocycles. The van der Waals surface area contributed by atoms with Crippen LogP contribution in [0.25, 0.3) is 11.0 Å². The van der Waals surface area contributed by atoms with Gasteiger partial charge in [0.2, 0.25) is 5.76 Å². The van der Waals surface area contributed by atoms with Crippen molar-refractivity contribution in [1.29, 1.82) is 0 Å². The van der Waals surface area contributed by atoms with Crippen molar-refractivity contribution in [2.75, 3.05) is 20.8 Å². The molecule has 5 rings (SSSR count). The molecule has 178 valence electrons. The van der Waals surface area contributed by atoms with Crippen molar-refractivity contribution < 1.29 is 18.7 Å². The molecule has 0 fully saturated rings. The second-order valence-corrected chi connectivity index (χ2v) is 8.88. The number of ether oxygens (including phenoxy) is 2. The molecule has 6 nitrogen and oxygen atoms in total. The molecule has 0 N–H and O–H groups in total. The first-order valence-corrected chi connectivity index (χ1v) is 11.6. The molecule has 0 spiro atoms. The van der Waals surface area contributed by atoms with E-state index in [9.17, 15) is 9.59 Å². The summed E-state index contributed by atoms with van der Waals surface area (Å²) in [7, 11) is 3.23. The van der Waals surface area contributed by atoms with Crippen LogP contribution in [0.4, 0.5) is 0 Å². The number of fused-ring (bicyclic) bond motifs is 2. The van der Waals surface area contributed by atoms with Gasteiger partial charge >= 0.3 is 0 Å². The second-order valence-electron chi connectivity index (χ2n) is 8.88. The molecule has 35 heavy (non-hydrogen) atoms. The molecule has 0 radical (unpaired) electrons. The molecule has 0 saturated heterocycles. The van der Waals surface area contributed by atoms with E-state index in [0.29, 0.717) is 35.2 Å². The van der Waals surface area contributed by atoms with Crippen LogP contribution < -0.4 is 14.9 Å². The summed E-state index contributed by atoms with van der Waals surface area (Å²) in [6.07, 6.45) is 0.621. The molecular weight excluding hydrogens is 442 g/mol. The first kappa shape index (κ1) is 22.7. The smallest absolute Gasteiger partial charge is 0.290 e. The van der Waals surface area contributed by atoms with E-state index in [1.165, 1.54) is 0 Å². The van der Waals surface area contributed by atoms with E-state index in [4.69, 9.17) is 13.9 Å². The van der Waals surface area contributed by atoms with Crippen LogP contribution in [0.2, 0.25) is 0 Å². The number of carbonyl (C=O) groups excluding carboxylic acids is 1. The lowest BCUT2D eigenvalue weighted by Gasteiger charge is -2.25. The Kier molecular flexibility index (Phi) is 5.81. The fourth-order valence-electron chi connectivity index (χ4n) is 4.71. The van der Waals surface area contributed by atoms with Gasteiger partial charge in [0.1, 0.15) is 17.1 Å². The Morgan fingerprint density at radius 1 is 0.886 bits per heavy atom. The minimum Gasteiger partial charge on any atom is -0.497 e. The highest BCUT2D eigenvalue weighted by Gasteiger charge is 2.42. The first-order valence-electron chi connectivity index (χ1n) is 11.6. The lowest BCUT2D eigenvalue weighted by Crippen LogP contribution is -2.31. The van der Waals surface area contributed by atoms with Gasteiger partial charge in [-0.25, -0.2) is 0 Å². The van der Waals surface area contributed by atoms with Crippen molar-refractivity contribution in [2.24, 2.45) is 0 Å². The van der Waals surface area contributed by atoms with E-state index in [1.54, 1.807) is 19.1 Å². The van der Waals surface area contributed by atoms with Crippen molar-refractivity contribution in [3.63, 3.8) is 0 Å². The summed E-state index contributed by atoms with van der Waals surface area (Å²) in [6, 6.07) is 18.4. The number of hydrogen-bond donors (Lipinski definition) is 0. The van der Waals surface area contributed by atoms with Gasteiger partial charge in [-0.05, 0) is 78.9 Å². The highest BCUT2D eigenvalue weighted by Crippen LogP contribution is 2.39. The Morgan fingerprint density at radius 2 is 1.60 bits per heavy atom. The molecule has 0 bridgehead atoms. The van der Waals surface area contributed by atoms with E-state index in [-0.39, 0.29) is 17.1 Å². The van der Waals surface area contributed by atoms with Crippen molar-refractivity contribution >= 4 is 16.9 Å².